The van der Waals surface area contributed by atoms with E-state index in [9.17, 15) is 0 Å². The van der Waals surface area contributed by atoms with Gasteiger partial charge >= 0.3 is 0 Å². The fraction of sp³-hybridized carbons (Fsp3) is 0.111. The van der Waals surface area contributed by atoms with Crippen molar-refractivity contribution in [3.8, 4) is 11.1 Å². The Morgan fingerprint density at radius 2 is 1.67 bits per heavy atom. The highest BCUT2D eigenvalue weighted by molar-refractivity contribution is 5.71. The Morgan fingerprint density at radius 3 is 2.56 bits per heavy atom. The molecule has 0 bridgehead atoms. The summed E-state index contributed by atoms with van der Waals surface area (Å²) in [4.78, 5) is 0. The SMILES string of the molecule is [2H]C1=CC([2H])=C(c2cc([2H])c(-c3c([2H])c([2H])c([2H])c([2H])c3[2H])c([2H])c2[2H])C([2H])([2H])C1[2H]. The number of rotatable bonds is 2. The van der Waals surface area contributed by atoms with Gasteiger partial charge in [0.15, 0.2) is 0 Å². The summed E-state index contributed by atoms with van der Waals surface area (Å²) in [7, 11) is 0. The Balaban J connectivity index is 2.37. The minimum atomic E-state index is -2.53. The van der Waals surface area contributed by atoms with Gasteiger partial charge in [0.2, 0.25) is 0 Å². The van der Waals surface area contributed by atoms with E-state index in [0.29, 0.717) is 0 Å². The van der Waals surface area contributed by atoms with Crippen molar-refractivity contribution in [3.05, 3.63) is 78.1 Å². The van der Waals surface area contributed by atoms with Crippen LogP contribution in [0, 0.1) is 0 Å². The third-order valence-electron chi connectivity index (χ3n) is 2.30. The minimum absolute atomic E-state index is 0.290. The Bertz CT molecular complexity index is 1150. The normalized spacial score (nSPS) is 32.6. The summed E-state index contributed by atoms with van der Waals surface area (Å²) in [6, 6.07) is -4.89. The van der Waals surface area contributed by atoms with Crippen molar-refractivity contribution in [2.75, 3.05) is 0 Å². The van der Waals surface area contributed by atoms with E-state index in [2.05, 4.69) is 0 Å². The molecule has 0 spiro atoms. The molecule has 88 valence electrons. The van der Waals surface area contributed by atoms with Gasteiger partial charge in [-0.05, 0) is 35.0 Å². The standard InChI is InChI=1S/C18H16/c1-3-7-15(8-4-1)17-11-13-18(14-12-17)16-9-5-2-6-10-16/h1-5,7-9,11-14H,6,10H2/i1D,2D,3D,4D,6D,7D,8D,9D,10D2,11D,12D,13D. The van der Waals surface area contributed by atoms with Crippen LogP contribution in [0.4, 0.5) is 0 Å². The Kier molecular flexibility index (Phi) is 1.04. The summed E-state index contributed by atoms with van der Waals surface area (Å²) in [6.07, 6.45) is -3.22. The van der Waals surface area contributed by atoms with Gasteiger partial charge in [0.25, 0.3) is 0 Å². The molecule has 18 heavy (non-hydrogen) atoms. The van der Waals surface area contributed by atoms with E-state index in [1.807, 2.05) is 0 Å². The average molecular weight is 245 g/mol. The van der Waals surface area contributed by atoms with Crippen LogP contribution < -0.4 is 0 Å². The number of hydrogen-bond donors (Lipinski definition) is 0. The largest absolute Gasteiger partial charge is 0.0842 e. The van der Waals surface area contributed by atoms with E-state index in [4.69, 9.17) is 17.8 Å². The molecule has 1 atom stereocenters. The van der Waals surface area contributed by atoms with E-state index >= 15 is 0 Å². The van der Waals surface area contributed by atoms with E-state index in [1.165, 1.54) is 0 Å². The van der Waals surface area contributed by atoms with Gasteiger partial charge in [-0.25, -0.2) is 0 Å². The minimum Gasteiger partial charge on any atom is -0.0842 e. The molecule has 0 aromatic heterocycles. The van der Waals surface area contributed by atoms with Crippen LogP contribution in [0.25, 0.3) is 16.7 Å². The molecule has 0 fully saturated rings. The van der Waals surface area contributed by atoms with E-state index in [1.54, 1.807) is 0 Å². The average Bonchev–Trinajstić information content (AvgIpc) is 2.69. The van der Waals surface area contributed by atoms with Gasteiger partial charge in [-0.2, -0.15) is 0 Å². The molecule has 0 saturated heterocycles. The monoisotopic (exact) mass is 245 g/mol. The molecule has 0 amide bonds. The molecule has 1 aliphatic carbocycles. The first kappa shape index (κ1) is 3.71. The van der Waals surface area contributed by atoms with Crippen molar-refractivity contribution >= 4 is 5.57 Å². The smallest absolute Gasteiger partial charge is 0.0629 e. The highest BCUT2D eigenvalue weighted by Crippen LogP contribution is 2.26. The van der Waals surface area contributed by atoms with Crippen LogP contribution in [-0.4, -0.2) is 0 Å². The van der Waals surface area contributed by atoms with Crippen molar-refractivity contribution in [3.63, 3.8) is 0 Å². The van der Waals surface area contributed by atoms with Crippen LogP contribution in [0.15, 0.2) is 72.6 Å². The van der Waals surface area contributed by atoms with Gasteiger partial charge in [-0.3, -0.25) is 0 Å². The van der Waals surface area contributed by atoms with Crippen molar-refractivity contribution in [2.24, 2.45) is 0 Å². The molecule has 0 radical (unpaired) electrons. The van der Waals surface area contributed by atoms with Crippen LogP contribution in [0.3, 0.4) is 0 Å². The molecule has 1 aliphatic rings. The highest BCUT2D eigenvalue weighted by Gasteiger charge is 2.03. The molecule has 3 rings (SSSR count). The molecule has 0 aliphatic heterocycles. The van der Waals surface area contributed by atoms with Crippen LogP contribution in [0.5, 0.6) is 0 Å². The zero-order valence-electron chi connectivity index (χ0n) is 22.2. The quantitative estimate of drug-likeness (QED) is 0.691. The lowest BCUT2D eigenvalue weighted by molar-refractivity contribution is 1.05. The summed E-state index contributed by atoms with van der Waals surface area (Å²) in [5.74, 6) is 0. The van der Waals surface area contributed by atoms with Crippen molar-refractivity contribution in [1.82, 2.24) is 0 Å². The third kappa shape index (κ3) is 2.28. The number of allylic oxidation sites excluding steroid dienone is 4. The Hall–Kier alpha value is -2.08. The van der Waals surface area contributed by atoms with Gasteiger partial charge in [0, 0.05) is 4.11 Å². The summed E-state index contributed by atoms with van der Waals surface area (Å²) < 4.78 is 105. The van der Waals surface area contributed by atoms with Crippen molar-refractivity contribution in [2.45, 2.75) is 12.8 Å². The molecule has 0 nitrogen and oxygen atoms in total. The first-order valence-electron chi connectivity index (χ1n) is 11.8. The lowest BCUT2D eigenvalue weighted by atomic mass is 9.95. The Labute approximate surface area is 127 Å². The second kappa shape index (κ2) is 5.05. The van der Waals surface area contributed by atoms with Crippen molar-refractivity contribution in [1.29, 1.82) is 0 Å². The zero-order chi connectivity index (χ0) is 23.6. The predicted octanol–water partition coefficient (Wildman–Crippen LogP) is 5.09. The van der Waals surface area contributed by atoms with Crippen LogP contribution in [0.1, 0.15) is 36.2 Å². The van der Waals surface area contributed by atoms with Gasteiger partial charge in [0.05, 0.1) is 13.7 Å². The van der Waals surface area contributed by atoms with E-state index < -0.39 is 84.3 Å². The van der Waals surface area contributed by atoms with Crippen LogP contribution >= 0.6 is 0 Å². The van der Waals surface area contributed by atoms with E-state index in [0.717, 1.165) is 12.1 Å². The second-order valence-corrected chi connectivity index (χ2v) is 3.45. The Morgan fingerprint density at radius 1 is 0.889 bits per heavy atom. The topological polar surface area (TPSA) is 0 Å². The fourth-order valence-corrected chi connectivity index (χ4v) is 1.46. The predicted molar refractivity (Wildman–Crippen MR) is 78.2 cm³/mol. The van der Waals surface area contributed by atoms with Crippen LogP contribution in [-0.2, 0) is 0 Å². The third-order valence-corrected chi connectivity index (χ3v) is 2.30. The number of benzene rings is 2. The summed E-state index contributed by atoms with van der Waals surface area (Å²) in [5, 5.41) is 0. The molecular weight excluding hydrogens is 216 g/mol. The van der Waals surface area contributed by atoms with Gasteiger partial charge < -0.3 is 0 Å². The fourth-order valence-electron chi connectivity index (χ4n) is 1.46. The van der Waals surface area contributed by atoms with Gasteiger partial charge in [-0.1, -0.05) is 72.6 Å². The number of hydrogen-bond acceptors (Lipinski definition) is 0. The van der Waals surface area contributed by atoms with E-state index in [-0.39, 0.29) is 11.1 Å². The van der Waals surface area contributed by atoms with Gasteiger partial charge in [-0.15, -0.1) is 0 Å². The highest BCUT2D eigenvalue weighted by atomic mass is 14.1. The maximum atomic E-state index is 8.36. The van der Waals surface area contributed by atoms with Crippen LogP contribution in [0.2, 0.25) is 0 Å². The second-order valence-electron chi connectivity index (χ2n) is 3.45. The summed E-state index contributed by atoms with van der Waals surface area (Å²) in [5.41, 5.74) is -1.50. The first-order valence-corrected chi connectivity index (χ1v) is 5.23. The molecule has 1 unspecified atom stereocenters. The first-order chi connectivity index (χ1) is 14.2. The molecule has 0 saturated carbocycles. The lowest BCUT2D eigenvalue weighted by Crippen LogP contribution is -1.88. The maximum Gasteiger partial charge on any atom is 0.0629 e. The molecule has 0 N–H and O–H groups in total. The lowest BCUT2D eigenvalue weighted by Gasteiger charge is -2.10. The molecule has 0 heterocycles. The molecule has 2 aromatic carbocycles. The van der Waals surface area contributed by atoms with Crippen molar-refractivity contribution < 1.29 is 17.8 Å². The van der Waals surface area contributed by atoms with Gasteiger partial charge in [0.1, 0.15) is 0 Å². The molecular formula is C18H16. The zero-order valence-corrected chi connectivity index (χ0v) is 9.23. The maximum absolute atomic E-state index is 8.36. The summed E-state index contributed by atoms with van der Waals surface area (Å²) in [6.45, 7) is 0. The summed E-state index contributed by atoms with van der Waals surface area (Å²) >= 11 is 0. The molecule has 2 aromatic rings. The molecule has 0 heteroatoms.